The maximum atomic E-state index is 11.8. The van der Waals surface area contributed by atoms with Crippen LogP contribution >= 0.6 is 0 Å². The van der Waals surface area contributed by atoms with Crippen molar-refractivity contribution in [2.45, 2.75) is 19.9 Å². The Hall–Kier alpha value is -1.52. The number of hydrogen-bond acceptors (Lipinski definition) is 2. The predicted octanol–water partition coefficient (Wildman–Crippen LogP) is 1.27. The summed E-state index contributed by atoms with van der Waals surface area (Å²) in [6.45, 7) is 1.89. The van der Waals surface area contributed by atoms with Gasteiger partial charge >= 0.3 is 6.43 Å². The van der Waals surface area contributed by atoms with Crippen molar-refractivity contribution in [2.24, 2.45) is 0 Å². The topological polar surface area (TPSA) is 42.0 Å². The first kappa shape index (κ1) is 10.6. The number of carbonyl (C=O) groups is 1. The zero-order valence-electron chi connectivity index (χ0n) is 7.63. The number of nitrogens with zero attached hydrogens (tertiary/aromatic N) is 1. The van der Waals surface area contributed by atoms with E-state index in [-0.39, 0.29) is 6.54 Å². The molecule has 1 aromatic rings. The van der Waals surface area contributed by atoms with E-state index >= 15 is 0 Å². The molecule has 0 unspecified atom stereocenters. The van der Waals surface area contributed by atoms with Crippen LogP contribution in [0.2, 0.25) is 0 Å². The molecular weight excluding hydrogens is 190 g/mol. The summed E-state index contributed by atoms with van der Waals surface area (Å²) in [7, 11) is 0. The van der Waals surface area contributed by atoms with E-state index in [4.69, 9.17) is 0 Å². The molecule has 0 atom stereocenters. The van der Waals surface area contributed by atoms with Crippen molar-refractivity contribution in [3.8, 4) is 0 Å². The number of aromatic nitrogens is 1. The van der Waals surface area contributed by atoms with Crippen molar-refractivity contribution >= 4 is 5.91 Å². The molecular formula is C9H10F2N2O. The molecule has 1 N–H and O–H groups in total. The first-order valence-corrected chi connectivity index (χ1v) is 4.07. The Bertz CT molecular complexity index is 328. The number of hydrogen-bond donors (Lipinski definition) is 1. The first-order chi connectivity index (χ1) is 6.59. The lowest BCUT2D eigenvalue weighted by atomic mass is 10.2. The Morgan fingerprint density at radius 1 is 1.64 bits per heavy atom. The molecule has 0 aromatic carbocycles. The molecule has 1 amide bonds. The van der Waals surface area contributed by atoms with E-state index in [0.717, 1.165) is 5.56 Å². The second kappa shape index (κ2) is 4.64. The highest BCUT2D eigenvalue weighted by Crippen LogP contribution is 2.00. The third-order valence-corrected chi connectivity index (χ3v) is 1.61. The Balaban J connectivity index is 2.50. The third-order valence-electron chi connectivity index (χ3n) is 1.61. The summed E-state index contributed by atoms with van der Waals surface area (Å²) in [5.41, 5.74) is 1.54. The minimum absolute atomic E-state index is 0.0326. The average Bonchev–Trinajstić information content (AvgIpc) is 2.14. The zero-order valence-corrected chi connectivity index (χ0v) is 7.63. The molecule has 0 saturated heterocycles. The minimum Gasteiger partial charge on any atom is -0.345 e. The predicted molar refractivity (Wildman–Crippen MR) is 46.8 cm³/mol. The number of halogens is 2. The normalized spacial score (nSPS) is 10.3. The molecule has 0 spiro atoms. The number of alkyl halides is 2. The number of amides is 1. The van der Waals surface area contributed by atoms with Gasteiger partial charge in [-0.1, -0.05) is 0 Å². The Labute approximate surface area is 80.2 Å². The van der Waals surface area contributed by atoms with E-state index in [1.54, 1.807) is 18.3 Å². The fourth-order valence-corrected chi connectivity index (χ4v) is 0.950. The summed E-state index contributed by atoms with van der Waals surface area (Å²) in [6.07, 6.45) is -1.40. The molecule has 0 bridgehead atoms. The molecule has 5 heteroatoms. The van der Waals surface area contributed by atoms with Gasteiger partial charge in [-0.05, 0) is 24.6 Å². The van der Waals surface area contributed by atoms with Crippen LogP contribution in [0.5, 0.6) is 0 Å². The van der Waals surface area contributed by atoms with Crippen LogP contribution in [0.4, 0.5) is 8.78 Å². The Kier molecular flexibility index (Phi) is 3.50. The lowest BCUT2D eigenvalue weighted by molar-refractivity contribution is -0.131. The quantitative estimate of drug-likeness (QED) is 0.798. The summed E-state index contributed by atoms with van der Waals surface area (Å²) in [5.74, 6) is -1.27. The van der Waals surface area contributed by atoms with Crippen LogP contribution in [0.1, 0.15) is 11.3 Å². The molecule has 0 radical (unpaired) electrons. The van der Waals surface area contributed by atoms with Crippen LogP contribution in [0.3, 0.4) is 0 Å². The fraction of sp³-hybridized carbons (Fsp3) is 0.333. The first-order valence-electron chi connectivity index (χ1n) is 4.07. The van der Waals surface area contributed by atoms with Gasteiger partial charge in [0.15, 0.2) is 0 Å². The van der Waals surface area contributed by atoms with Crippen molar-refractivity contribution in [1.29, 1.82) is 0 Å². The fourth-order valence-electron chi connectivity index (χ4n) is 0.950. The number of nitrogens with one attached hydrogen (secondary N) is 1. The number of carbonyl (C=O) groups excluding carboxylic acids is 1. The number of pyridine rings is 1. The largest absolute Gasteiger partial charge is 0.345 e. The Morgan fingerprint density at radius 2 is 2.36 bits per heavy atom. The second-order valence-corrected chi connectivity index (χ2v) is 2.84. The van der Waals surface area contributed by atoms with Gasteiger partial charge in [-0.3, -0.25) is 9.78 Å². The van der Waals surface area contributed by atoms with Crippen molar-refractivity contribution in [3.05, 3.63) is 29.6 Å². The van der Waals surface area contributed by atoms with E-state index in [2.05, 4.69) is 10.3 Å². The summed E-state index contributed by atoms with van der Waals surface area (Å²) in [5, 5.41) is 2.07. The van der Waals surface area contributed by atoms with Crippen LogP contribution in [0.25, 0.3) is 0 Å². The molecule has 1 rings (SSSR count). The van der Waals surface area contributed by atoms with Crippen molar-refractivity contribution in [1.82, 2.24) is 10.3 Å². The summed E-state index contributed by atoms with van der Waals surface area (Å²) in [4.78, 5) is 14.4. The van der Waals surface area contributed by atoms with Gasteiger partial charge < -0.3 is 5.32 Å². The number of aryl methyl sites for hydroxylation is 1. The molecule has 14 heavy (non-hydrogen) atoms. The smallest absolute Gasteiger partial charge is 0.315 e. The molecule has 3 nitrogen and oxygen atoms in total. The molecule has 76 valence electrons. The van der Waals surface area contributed by atoms with Gasteiger partial charge in [0.1, 0.15) is 0 Å². The SMILES string of the molecule is Cc1ccnc(CNC(=O)C(F)F)c1. The van der Waals surface area contributed by atoms with E-state index in [1.807, 2.05) is 6.92 Å². The van der Waals surface area contributed by atoms with Gasteiger partial charge in [0, 0.05) is 6.20 Å². The van der Waals surface area contributed by atoms with E-state index in [9.17, 15) is 13.6 Å². The molecule has 0 aliphatic rings. The van der Waals surface area contributed by atoms with Crippen molar-refractivity contribution in [2.75, 3.05) is 0 Å². The summed E-state index contributed by atoms with van der Waals surface area (Å²) < 4.78 is 23.6. The van der Waals surface area contributed by atoms with Gasteiger partial charge in [-0.25, -0.2) is 0 Å². The molecule has 0 fully saturated rings. The standard InChI is InChI=1S/C9H10F2N2O/c1-6-2-3-12-7(4-6)5-13-9(14)8(10)11/h2-4,8H,5H2,1H3,(H,13,14). The van der Waals surface area contributed by atoms with Gasteiger partial charge in [0.05, 0.1) is 12.2 Å². The maximum absolute atomic E-state index is 11.8. The molecule has 0 saturated carbocycles. The van der Waals surface area contributed by atoms with E-state index in [1.165, 1.54) is 0 Å². The van der Waals surface area contributed by atoms with E-state index in [0.29, 0.717) is 5.69 Å². The van der Waals surface area contributed by atoms with Gasteiger partial charge in [-0.15, -0.1) is 0 Å². The van der Waals surface area contributed by atoms with Crippen LogP contribution in [0.15, 0.2) is 18.3 Å². The molecule has 1 aromatic heterocycles. The lowest BCUT2D eigenvalue weighted by Crippen LogP contribution is -2.29. The highest BCUT2D eigenvalue weighted by molar-refractivity contribution is 5.78. The highest BCUT2D eigenvalue weighted by atomic mass is 19.3. The molecule has 0 aliphatic carbocycles. The monoisotopic (exact) mass is 200 g/mol. The average molecular weight is 200 g/mol. The van der Waals surface area contributed by atoms with Crippen molar-refractivity contribution < 1.29 is 13.6 Å². The number of rotatable bonds is 3. The Morgan fingerprint density at radius 3 is 2.93 bits per heavy atom. The second-order valence-electron chi connectivity index (χ2n) is 2.84. The van der Waals surface area contributed by atoms with Crippen LogP contribution in [-0.4, -0.2) is 17.3 Å². The summed E-state index contributed by atoms with van der Waals surface area (Å²) >= 11 is 0. The zero-order chi connectivity index (χ0) is 10.6. The van der Waals surface area contributed by atoms with E-state index < -0.39 is 12.3 Å². The van der Waals surface area contributed by atoms with Crippen LogP contribution in [0, 0.1) is 6.92 Å². The van der Waals surface area contributed by atoms with Gasteiger partial charge in [-0.2, -0.15) is 8.78 Å². The lowest BCUT2D eigenvalue weighted by Gasteiger charge is -2.03. The van der Waals surface area contributed by atoms with Gasteiger partial charge in [0.2, 0.25) is 0 Å². The maximum Gasteiger partial charge on any atom is 0.315 e. The third kappa shape index (κ3) is 3.08. The van der Waals surface area contributed by atoms with Crippen LogP contribution in [-0.2, 0) is 11.3 Å². The van der Waals surface area contributed by atoms with Gasteiger partial charge in [0.25, 0.3) is 5.91 Å². The highest BCUT2D eigenvalue weighted by Gasteiger charge is 2.13. The molecule has 1 heterocycles. The molecule has 0 aliphatic heterocycles. The summed E-state index contributed by atoms with van der Waals surface area (Å²) in [6, 6.07) is 3.52. The van der Waals surface area contributed by atoms with Crippen molar-refractivity contribution in [3.63, 3.8) is 0 Å². The van der Waals surface area contributed by atoms with Crippen LogP contribution < -0.4 is 5.32 Å². The minimum atomic E-state index is -2.97.